The third kappa shape index (κ3) is 8.85. The fraction of sp³-hybridized carbons (Fsp3) is 0.500. The Morgan fingerprint density at radius 2 is 1.32 bits per heavy atom. The van der Waals surface area contributed by atoms with E-state index in [1.807, 2.05) is 44.2 Å². The summed E-state index contributed by atoms with van der Waals surface area (Å²) in [5, 5.41) is 31.4. The van der Waals surface area contributed by atoms with Crippen LogP contribution in [0.25, 0.3) is 0 Å². The van der Waals surface area contributed by atoms with Crippen molar-refractivity contribution in [3.8, 4) is 5.75 Å². The molecule has 1 rings (SSSR count). The molecule has 0 radical (unpaired) electrons. The molecule has 0 spiro atoms. The van der Waals surface area contributed by atoms with Gasteiger partial charge in [-0.1, -0.05) is 18.2 Å². The summed E-state index contributed by atoms with van der Waals surface area (Å²) in [5.41, 5.74) is -1.48. The minimum Gasteiger partial charge on any atom is -0.485 e. The molecule has 4 N–H and O–H groups in total. The monoisotopic (exact) mass is 292 g/mol. The Kier molecular flexibility index (Phi) is 9.08. The maximum absolute atomic E-state index is 9.88. The number of aliphatic hydroxyl groups is 1. The summed E-state index contributed by atoms with van der Waals surface area (Å²) in [5.74, 6) is 0.777. The second-order valence-corrected chi connectivity index (χ2v) is 4.83. The third-order valence-electron chi connectivity index (χ3n) is 2.59. The molecule has 0 aliphatic rings. The van der Waals surface area contributed by atoms with Crippen LogP contribution in [0.4, 0.5) is 0 Å². The number of para-hydroxylation sites is 1. The van der Waals surface area contributed by atoms with Crippen LogP contribution in [-0.2, 0) is 0 Å². The maximum Gasteiger partial charge on any atom is 0.631 e. The molecule has 0 unspecified atom stereocenters. The van der Waals surface area contributed by atoms with Crippen LogP contribution in [0.15, 0.2) is 30.3 Å². The van der Waals surface area contributed by atoms with E-state index in [1.165, 1.54) is 0 Å². The van der Waals surface area contributed by atoms with Crippen LogP contribution in [0.2, 0.25) is 0 Å². The molecule has 19 heavy (non-hydrogen) atoms. The van der Waals surface area contributed by atoms with Crippen molar-refractivity contribution < 1.29 is 24.9 Å². The molecule has 0 amide bonds. The summed E-state index contributed by atoms with van der Waals surface area (Å²) in [6.45, 7) is 7.24. The number of hydrogen-bond donors (Lipinski definition) is 4. The Bertz CT molecular complexity index is 335. The summed E-state index contributed by atoms with van der Waals surface area (Å²) in [6, 6.07) is 9.52. The summed E-state index contributed by atoms with van der Waals surface area (Å²) >= 11 is 0. The van der Waals surface area contributed by atoms with E-state index < -0.39 is 18.5 Å². The molecule has 0 aliphatic carbocycles. The highest BCUT2D eigenvalue weighted by atomic mass is 35.5. The van der Waals surface area contributed by atoms with Gasteiger partial charge in [-0.05, 0) is 39.8 Å². The van der Waals surface area contributed by atoms with E-state index >= 15 is 0 Å². The van der Waals surface area contributed by atoms with Gasteiger partial charge in [-0.15, -0.1) is 12.4 Å². The van der Waals surface area contributed by atoms with Crippen LogP contribution < -0.4 is 4.74 Å². The number of hydrogen-bond acceptors (Lipinski definition) is 5. The van der Waals surface area contributed by atoms with E-state index in [4.69, 9.17) is 19.8 Å². The quantitative estimate of drug-likeness (QED) is 0.624. The predicted octanol–water partition coefficient (Wildman–Crippen LogP) is 0.985. The van der Waals surface area contributed by atoms with Gasteiger partial charge in [-0.25, -0.2) is 0 Å². The van der Waals surface area contributed by atoms with E-state index in [2.05, 4.69) is 0 Å². The first-order valence-electron chi connectivity index (χ1n) is 5.57. The number of benzene rings is 1. The molecule has 5 nitrogen and oxygen atoms in total. The van der Waals surface area contributed by atoms with Crippen LogP contribution in [0, 0.1) is 0 Å². The Labute approximate surface area is 120 Å². The second-order valence-electron chi connectivity index (χ2n) is 4.83. The predicted molar refractivity (Wildman–Crippen MR) is 77.1 cm³/mol. The van der Waals surface area contributed by atoms with Gasteiger partial charge in [0.15, 0.2) is 0 Å². The van der Waals surface area contributed by atoms with Gasteiger partial charge in [0.1, 0.15) is 11.4 Å². The Balaban J connectivity index is 0. The number of rotatable bonds is 3. The van der Waals surface area contributed by atoms with Crippen molar-refractivity contribution in [1.29, 1.82) is 0 Å². The Hall–Kier alpha value is -0.785. The summed E-state index contributed by atoms with van der Waals surface area (Å²) in [6.07, 6.45) is 0. The molecule has 0 aromatic heterocycles. The zero-order chi connectivity index (χ0) is 14.4. The average Bonchev–Trinajstić information content (AvgIpc) is 2.15. The molecular formula is C12H22BClO5. The second kappa shape index (κ2) is 8.40. The van der Waals surface area contributed by atoms with Gasteiger partial charge in [0.05, 0.1) is 5.60 Å². The highest BCUT2D eigenvalue weighted by Crippen LogP contribution is 2.27. The zero-order valence-electron chi connectivity index (χ0n) is 11.6. The van der Waals surface area contributed by atoms with Gasteiger partial charge in [-0.3, -0.25) is 0 Å². The van der Waals surface area contributed by atoms with Crippen molar-refractivity contribution in [2.75, 3.05) is 0 Å². The van der Waals surface area contributed by atoms with Crippen LogP contribution in [0.3, 0.4) is 0 Å². The van der Waals surface area contributed by atoms with E-state index in [-0.39, 0.29) is 12.4 Å². The summed E-state index contributed by atoms with van der Waals surface area (Å²) in [4.78, 5) is 0. The fourth-order valence-electron chi connectivity index (χ4n) is 0.908. The molecule has 0 fully saturated rings. The van der Waals surface area contributed by atoms with Gasteiger partial charge >= 0.3 is 7.32 Å². The molecule has 0 saturated carbocycles. The molecule has 0 saturated heterocycles. The Morgan fingerprint density at radius 1 is 0.947 bits per heavy atom. The van der Waals surface area contributed by atoms with Crippen LogP contribution in [-0.4, -0.2) is 38.7 Å². The minimum atomic E-state index is -2.17. The average molecular weight is 293 g/mol. The lowest BCUT2D eigenvalue weighted by Gasteiger charge is -2.37. The largest absolute Gasteiger partial charge is 0.631 e. The first kappa shape index (κ1) is 20.5. The smallest absolute Gasteiger partial charge is 0.485 e. The van der Waals surface area contributed by atoms with Crippen molar-refractivity contribution in [2.45, 2.75) is 38.9 Å². The molecule has 7 heteroatoms. The van der Waals surface area contributed by atoms with Crippen molar-refractivity contribution in [1.82, 2.24) is 0 Å². The molecule has 0 atom stereocenters. The lowest BCUT2D eigenvalue weighted by molar-refractivity contribution is -0.0906. The van der Waals surface area contributed by atoms with Crippen LogP contribution in [0.5, 0.6) is 5.75 Å². The van der Waals surface area contributed by atoms with Crippen LogP contribution in [0.1, 0.15) is 27.7 Å². The van der Waals surface area contributed by atoms with Gasteiger partial charge < -0.3 is 24.9 Å². The Morgan fingerprint density at radius 3 is 1.63 bits per heavy atom. The van der Waals surface area contributed by atoms with Crippen molar-refractivity contribution in [3.05, 3.63) is 30.3 Å². The minimum absolute atomic E-state index is 0. The molecule has 0 bridgehead atoms. The SMILES string of the molecule is CC(C)(O)C(C)(C)Oc1ccccc1.Cl.OB(O)O. The molecule has 110 valence electrons. The first-order valence-corrected chi connectivity index (χ1v) is 5.57. The highest BCUT2D eigenvalue weighted by Gasteiger charge is 2.37. The normalized spacial score (nSPS) is 10.7. The zero-order valence-corrected chi connectivity index (χ0v) is 12.4. The number of halogens is 1. The molecule has 1 aromatic rings. The molecule has 0 aliphatic heterocycles. The van der Waals surface area contributed by atoms with Gasteiger partial charge in [-0.2, -0.15) is 0 Å². The van der Waals surface area contributed by atoms with E-state index in [1.54, 1.807) is 13.8 Å². The third-order valence-corrected chi connectivity index (χ3v) is 2.59. The maximum atomic E-state index is 9.88. The number of ether oxygens (including phenoxy) is 1. The van der Waals surface area contributed by atoms with Crippen molar-refractivity contribution in [2.24, 2.45) is 0 Å². The molecule has 1 aromatic carbocycles. The van der Waals surface area contributed by atoms with Crippen molar-refractivity contribution in [3.63, 3.8) is 0 Å². The fourth-order valence-corrected chi connectivity index (χ4v) is 0.908. The summed E-state index contributed by atoms with van der Waals surface area (Å²) in [7, 11) is -2.17. The van der Waals surface area contributed by atoms with Gasteiger partial charge in [0.25, 0.3) is 0 Å². The van der Waals surface area contributed by atoms with E-state index in [9.17, 15) is 5.11 Å². The first-order chi connectivity index (χ1) is 8.06. The standard InChI is InChI=1S/C12H18O2.BH3O3.ClH/c1-11(2,13)12(3,4)14-10-8-6-5-7-9-10;2-1(3)4;/h5-9,13H,1-4H3;2-4H;1H. The molecule has 0 heterocycles. The van der Waals surface area contributed by atoms with Crippen molar-refractivity contribution >= 4 is 19.7 Å². The van der Waals surface area contributed by atoms with E-state index in [0.717, 1.165) is 5.75 Å². The van der Waals surface area contributed by atoms with Crippen LogP contribution >= 0.6 is 12.4 Å². The van der Waals surface area contributed by atoms with E-state index in [0.29, 0.717) is 0 Å². The lowest BCUT2D eigenvalue weighted by atomic mass is 9.89. The highest BCUT2D eigenvalue weighted by molar-refractivity contribution is 6.30. The van der Waals surface area contributed by atoms with Gasteiger partial charge in [0, 0.05) is 0 Å². The molecular weight excluding hydrogens is 270 g/mol. The van der Waals surface area contributed by atoms with Gasteiger partial charge in [0.2, 0.25) is 0 Å². The summed E-state index contributed by atoms with van der Waals surface area (Å²) < 4.78 is 5.72. The topological polar surface area (TPSA) is 90.2 Å². The lowest BCUT2D eigenvalue weighted by Crippen LogP contribution is -2.49.